The average molecular weight is 243 g/mol. The van der Waals surface area contributed by atoms with Gasteiger partial charge >= 0.3 is 6.18 Å². The van der Waals surface area contributed by atoms with Gasteiger partial charge in [0.2, 0.25) is 0 Å². The molecular formula is C11H8F3NO2. The summed E-state index contributed by atoms with van der Waals surface area (Å²) < 4.78 is 42.4. The summed E-state index contributed by atoms with van der Waals surface area (Å²) in [5, 5.41) is 0.451. The highest BCUT2D eigenvalue weighted by molar-refractivity contribution is 5.98. The van der Waals surface area contributed by atoms with Crippen molar-refractivity contribution in [1.29, 1.82) is 0 Å². The highest BCUT2D eigenvalue weighted by atomic mass is 19.4. The van der Waals surface area contributed by atoms with Crippen LogP contribution in [0.25, 0.3) is 11.0 Å². The van der Waals surface area contributed by atoms with Gasteiger partial charge in [0, 0.05) is 10.9 Å². The highest BCUT2D eigenvalue weighted by Gasteiger charge is 2.31. The molecule has 2 aromatic rings. The SMILES string of the molecule is Cc1c(C(N)=O)oc2cc(C(F)(F)F)ccc12. The molecule has 90 valence electrons. The van der Waals surface area contributed by atoms with E-state index in [9.17, 15) is 18.0 Å². The number of carbonyl (C=O) groups is 1. The fraction of sp³-hybridized carbons (Fsp3) is 0.182. The number of amides is 1. The predicted octanol–water partition coefficient (Wildman–Crippen LogP) is 2.86. The first kappa shape index (κ1) is 11.5. The van der Waals surface area contributed by atoms with Crippen LogP contribution in [0.1, 0.15) is 21.7 Å². The molecule has 1 amide bonds. The van der Waals surface area contributed by atoms with E-state index < -0.39 is 17.6 Å². The van der Waals surface area contributed by atoms with Crippen molar-refractivity contribution in [2.24, 2.45) is 5.73 Å². The Kier molecular flexibility index (Phi) is 2.38. The molecule has 0 spiro atoms. The van der Waals surface area contributed by atoms with E-state index in [1.807, 2.05) is 0 Å². The molecule has 0 fully saturated rings. The van der Waals surface area contributed by atoms with Crippen LogP contribution in [0.3, 0.4) is 0 Å². The smallest absolute Gasteiger partial charge is 0.416 e. The molecular weight excluding hydrogens is 235 g/mol. The van der Waals surface area contributed by atoms with Gasteiger partial charge in [-0.25, -0.2) is 0 Å². The van der Waals surface area contributed by atoms with Gasteiger partial charge in [-0.2, -0.15) is 13.2 Å². The van der Waals surface area contributed by atoms with Crippen molar-refractivity contribution >= 4 is 16.9 Å². The van der Waals surface area contributed by atoms with E-state index >= 15 is 0 Å². The molecule has 0 saturated heterocycles. The Balaban J connectivity index is 2.68. The van der Waals surface area contributed by atoms with E-state index in [1.165, 1.54) is 6.07 Å². The van der Waals surface area contributed by atoms with Crippen LogP contribution < -0.4 is 5.73 Å². The number of halogens is 3. The number of hydrogen-bond acceptors (Lipinski definition) is 2. The molecule has 0 unspecified atom stereocenters. The van der Waals surface area contributed by atoms with Crippen molar-refractivity contribution in [1.82, 2.24) is 0 Å². The third-order valence-corrected chi connectivity index (χ3v) is 2.49. The molecule has 0 saturated carbocycles. The largest absolute Gasteiger partial charge is 0.451 e. The highest BCUT2D eigenvalue weighted by Crippen LogP contribution is 2.33. The molecule has 1 aromatic heterocycles. The number of fused-ring (bicyclic) bond motifs is 1. The van der Waals surface area contributed by atoms with E-state index in [4.69, 9.17) is 10.2 Å². The predicted molar refractivity (Wildman–Crippen MR) is 54.5 cm³/mol. The van der Waals surface area contributed by atoms with E-state index in [1.54, 1.807) is 6.92 Å². The van der Waals surface area contributed by atoms with Gasteiger partial charge < -0.3 is 10.2 Å². The maximum atomic E-state index is 12.4. The molecule has 1 heterocycles. The number of carbonyl (C=O) groups excluding carboxylic acids is 1. The van der Waals surface area contributed by atoms with Crippen molar-refractivity contribution in [3.63, 3.8) is 0 Å². The van der Waals surface area contributed by atoms with Crippen LogP contribution in [0.5, 0.6) is 0 Å². The second-order valence-electron chi connectivity index (χ2n) is 3.63. The molecule has 1 aromatic carbocycles. The lowest BCUT2D eigenvalue weighted by atomic mass is 10.1. The Bertz CT molecular complexity index is 599. The van der Waals surface area contributed by atoms with Gasteiger partial charge in [-0.3, -0.25) is 4.79 Å². The van der Waals surface area contributed by atoms with E-state index in [2.05, 4.69) is 0 Å². The third kappa shape index (κ3) is 1.86. The van der Waals surface area contributed by atoms with Crippen LogP contribution in [0.15, 0.2) is 22.6 Å². The second kappa shape index (κ2) is 3.51. The van der Waals surface area contributed by atoms with Crippen LogP contribution in [-0.4, -0.2) is 5.91 Å². The minimum absolute atomic E-state index is 0.00567. The lowest BCUT2D eigenvalue weighted by molar-refractivity contribution is -0.137. The van der Waals surface area contributed by atoms with Crippen LogP contribution >= 0.6 is 0 Å². The summed E-state index contributed by atoms with van der Waals surface area (Å²) in [6.45, 7) is 1.57. The summed E-state index contributed by atoms with van der Waals surface area (Å²) in [6, 6.07) is 3.06. The van der Waals surface area contributed by atoms with Gasteiger partial charge in [-0.1, -0.05) is 6.07 Å². The summed E-state index contributed by atoms with van der Waals surface area (Å²) in [7, 11) is 0. The molecule has 0 bridgehead atoms. The number of furan rings is 1. The van der Waals surface area contributed by atoms with Gasteiger partial charge in [-0.15, -0.1) is 0 Å². The number of primary amides is 1. The third-order valence-electron chi connectivity index (χ3n) is 2.49. The van der Waals surface area contributed by atoms with Gasteiger partial charge in [-0.05, 0) is 19.1 Å². The van der Waals surface area contributed by atoms with E-state index in [0.717, 1.165) is 12.1 Å². The van der Waals surface area contributed by atoms with Gasteiger partial charge in [0.15, 0.2) is 5.76 Å². The van der Waals surface area contributed by atoms with Gasteiger partial charge in [0.1, 0.15) is 5.58 Å². The average Bonchev–Trinajstić information content (AvgIpc) is 2.54. The van der Waals surface area contributed by atoms with Gasteiger partial charge in [0.25, 0.3) is 5.91 Å². The van der Waals surface area contributed by atoms with Crippen molar-refractivity contribution in [2.45, 2.75) is 13.1 Å². The van der Waals surface area contributed by atoms with E-state index in [0.29, 0.717) is 10.9 Å². The summed E-state index contributed by atoms with van der Waals surface area (Å²) in [6.07, 6.45) is -4.44. The topological polar surface area (TPSA) is 56.2 Å². The van der Waals surface area contributed by atoms with Crippen molar-refractivity contribution in [3.05, 3.63) is 35.1 Å². The summed E-state index contributed by atoms with van der Waals surface area (Å²) in [5.74, 6) is -0.911. The minimum Gasteiger partial charge on any atom is -0.451 e. The Morgan fingerprint density at radius 2 is 2.00 bits per heavy atom. The first-order chi connectivity index (χ1) is 7.80. The Morgan fingerprint density at radius 3 is 2.53 bits per heavy atom. The first-order valence-electron chi connectivity index (χ1n) is 4.71. The van der Waals surface area contributed by atoms with Crippen molar-refractivity contribution in [2.75, 3.05) is 0 Å². The molecule has 6 heteroatoms. The summed E-state index contributed by atoms with van der Waals surface area (Å²) in [5.41, 5.74) is 4.67. The Hall–Kier alpha value is -1.98. The molecule has 0 radical (unpaired) electrons. The molecule has 3 nitrogen and oxygen atoms in total. The van der Waals surface area contributed by atoms with Gasteiger partial charge in [0.05, 0.1) is 5.56 Å². The molecule has 2 N–H and O–H groups in total. The number of aryl methyl sites for hydroxylation is 1. The zero-order valence-corrected chi connectivity index (χ0v) is 8.76. The maximum Gasteiger partial charge on any atom is 0.416 e. The normalized spacial score (nSPS) is 12.0. The molecule has 2 rings (SSSR count). The van der Waals surface area contributed by atoms with Crippen molar-refractivity contribution in [3.8, 4) is 0 Å². The molecule has 17 heavy (non-hydrogen) atoms. The zero-order valence-electron chi connectivity index (χ0n) is 8.76. The number of nitrogens with two attached hydrogens (primary N) is 1. The monoisotopic (exact) mass is 243 g/mol. The molecule has 0 atom stereocenters. The van der Waals surface area contributed by atoms with Crippen molar-refractivity contribution < 1.29 is 22.4 Å². The van der Waals surface area contributed by atoms with E-state index in [-0.39, 0.29) is 11.3 Å². The van der Waals surface area contributed by atoms with Crippen LogP contribution in [0, 0.1) is 6.92 Å². The molecule has 0 aliphatic heterocycles. The Labute approximate surface area is 94.0 Å². The number of hydrogen-bond donors (Lipinski definition) is 1. The van der Waals surface area contributed by atoms with Crippen LogP contribution in [-0.2, 0) is 6.18 Å². The van der Waals surface area contributed by atoms with Crippen LogP contribution in [0.4, 0.5) is 13.2 Å². The lowest BCUT2D eigenvalue weighted by Crippen LogP contribution is -2.10. The fourth-order valence-electron chi connectivity index (χ4n) is 1.64. The molecule has 0 aliphatic rings. The second-order valence-corrected chi connectivity index (χ2v) is 3.63. The quantitative estimate of drug-likeness (QED) is 0.837. The number of rotatable bonds is 1. The lowest BCUT2D eigenvalue weighted by Gasteiger charge is -2.05. The van der Waals surface area contributed by atoms with Crippen LogP contribution in [0.2, 0.25) is 0 Å². The zero-order chi connectivity index (χ0) is 12.8. The minimum atomic E-state index is -4.44. The maximum absolute atomic E-state index is 12.4. The number of benzene rings is 1. The first-order valence-corrected chi connectivity index (χ1v) is 4.71. The summed E-state index contributed by atoms with van der Waals surface area (Å²) in [4.78, 5) is 11.0. The standard InChI is InChI=1S/C11H8F3NO2/c1-5-7-3-2-6(11(12,13)14)4-8(7)17-9(5)10(15)16/h2-4H,1H3,(H2,15,16). The number of alkyl halides is 3. The Morgan fingerprint density at radius 1 is 1.35 bits per heavy atom. The summed E-state index contributed by atoms with van der Waals surface area (Å²) >= 11 is 0. The fourth-order valence-corrected chi connectivity index (χ4v) is 1.64. The molecule has 0 aliphatic carbocycles.